The topological polar surface area (TPSA) is 56.8 Å². The maximum Gasteiger partial charge on any atom is 0.184 e. The number of quaternary nitrogens is 1. The molecule has 21 heavy (non-hydrogen) atoms. The Hall–Kier alpha value is -1.69. The summed E-state index contributed by atoms with van der Waals surface area (Å²) in [4.78, 5) is 0. The molecule has 5 heteroatoms. The second-order valence-electron chi connectivity index (χ2n) is 6.12. The summed E-state index contributed by atoms with van der Waals surface area (Å²) in [5.41, 5.74) is 1.87. The summed E-state index contributed by atoms with van der Waals surface area (Å²) >= 11 is 0. The van der Waals surface area contributed by atoms with Gasteiger partial charge in [0.15, 0.2) is 5.69 Å². The molecule has 1 heterocycles. The van der Waals surface area contributed by atoms with Gasteiger partial charge in [-0.2, -0.15) is 0 Å². The van der Waals surface area contributed by atoms with Gasteiger partial charge in [0.2, 0.25) is 0 Å². The molecule has 2 rings (SSSR count). The first-order valence-corrected chi connectivity index (χ1v) is 7.05. The van der Waals surface area contributed by atoms with E-state index in [0.717, 1.165) is 17.1 Å². The molecule has 0 bridgehead atoms. The molecule has 0 amide bonds. The van der Waals surface area contributed by atoms with Crippen molar-refractivity contribution in [2.75, 3.05) is 20.3 Å². The van der Waals surface area contributed by atoms with Crippen LogP contribution in [0.25, 0.3) is 0 Å². The standard InChI is InChI=1S/C16H24N3O2/c1-16(2,3)15-9-10-19(17,18-15)13-5-7-14(8-6-13)21-12-11-20-4/h5-10H,11-12,17H2,1-4H3/q+1. The lowest BCUT2D eigenvalue weighted by atomic mass is 9.90. The van der Waals surface area contributed by atoms with Gasteiger partial charge in [-0.1, -0.05) is 30.6 Å². The lowest BCUT2D eigenvalue weighted by molar-refractivity contribution is 0.146. The molecule has 1 aliphatic heterocycles. The third kappa shape index (κ3) is 3.69. The SMILES string of the molecule is COCCOc1ccc([N+]2(N)C=CC(C(C)(C)C)=N2)cc1. The van der Waals surface area contributed by atoms with E-state index in [9.17, 15) is 0 Å². The van der Waals surface area contributed by atoms with Crippen molar-refractivity contribution < 1.29 is 9.47 Å². The molecular weight excluding hydrogens is 266 g/mol. The summed E-state index contributed by atoms with van der Waals surface area (Å²) in [5.74, 6) is 7.14. The Morgan fingerprint density at radius 2 is 1.81 bits per heavy atom. The fraction of sp³-hybridized carbons (Fsp3) is 0.438. The minimum atomic E-state index is -0.0506. The van der Waals surface area contributed by atoms with E-state index in [1.807, 2.05) is 36.5 Å². The zero-order chi connectivity index (χ0) is 15.5. The molecule has 1 aliphatic rings. The molecule has 0 aliphatic carbocycles. The van der Waals surface area contributed by atoms with Crippen LogP contribution < -0.4 is 15.3 Å². The average Bonchev–Trinajstić information content (AvgIpc) is 2.84. The first-order valence-electron chi connectivity index (χ1n) is 7.05. The van der Waals surface area contributed by atoms with E-state index in [4.69, 9.17) is 15.3 Å². The van der Waals surface area contributed by atoms with E-state index in [2.05, 4.69) is 25.9 Å². The summed E-state index contributed by atoms with van der Waals surface area (Å²) in [6.45, 7) is 7.47. The Labute approximate surface area is 126 Å². The van der Waals surface area contributed by atoms with Crippen molar-refractivity contribution in [1.82, 2.24) is 4.70 Å². The van der Waals surface area contributed by atoms with Crippen LogP contribution in [-0.4, -0.2) is 26.0 Å². The lowest BCUT2D eigenvalue weighted by Gasteiger charge is -2.20. The molecule has 0 spiro atoms. The van der Waals surface area contributed by atoms with Crippen molar-refractivity contribution in [2.45, 2.75) is 20.8 Å². The molecule has 0 saturated carbocycles. The molecule has 1 unspecified atom stereocenters. The van der Waals surface area contributed by atoms with Crippen LogP contribution in [0.3, 0.4) is 0 Å². The van der Waals surface area contributed by atoms with Crippen LogP contribution in [0, 0.1) is 5.41 Å². The predicted octanol–water partition coefficient (Wildman–Crippen LogP) is 2.82. The van der Waals surface area contributed by atoms with Gasteiger partial charge in [0, 0.05) is 30.7 Å². The van der Waals surface area contributed by atoms with E-state index in [1.165, 1.54) is 0 Å². The number of nitrogens with zero attached hydrogens (tertiary/aromatic N) is 2. The first kappa shape index (κ1) is 15.7. The molecular formula is C16H24N3O2+. The molecule has 0 saturated heterocycles. The first-order chi connectivity index (χ1) is 9.85. The average molecular weight is 290 g/mol. The number of nitrogens with two attached hydrogens (primary N) is 1. The Morgan fingerprint density at radius 3 is 2.33 bits per heavy atom. The maximum atomic E-state index is 6.34. The van der Waals surface area contributed by atoms with Crippen molar-refractivity contribution in [3.05, 3.63) is 36.5 Å². The van der Waals surface area contributed by atoms with Crippen molar-refractivity contribution >= 4 is 11.4 Å². The Balaban J connectivity index is 2.12. The van der Waals surface area contributed by atoms with Crippen molar-refractivity contribution in [3.8, 4) is 5.75 Å². The fourth-order valence-electron chi connectivity index (χ4n) is 2.00. The summed E-state index contributed by atoms with van der Waals surface area (Å²) in [6, 6.07) is 7.66. The summed E-state index contributed by atoms with van der Waals surface area (Å²) in [7, 11) is 1.65. The van der Waals surface area contributed by atoms with Crippen LogP contribution in [0.5, 0.6) is 5.75 Å². The van der Waals surface area contributed by atoms with Crippen molar-refractivity contribution in [2.24, 2.45) is 16.4 Å². The summed E-state index contributed by atoms with van der Waals surface area (Å²) in [6.07, 6.45) is 3.88. The normalized spacial score (nSPS) is 21.5. The maximum absolute atomic E-state index is 6.34. The molecule has 114 valence electrons. The Morgan fingerprint density at radius 1 is 1.14 bits per heavy atom. The fourth-order valence-corrected chi connectivity index (χ4v) is 2.00. The van der Waals surface area contributed by atoms with E-state index in [-0.39, 0.29) is 10.1 Å². The van der Waals surface area contributed by atoms with Crippen LogP contribution in [0.4, 0.5) is 5.69 Å². The van der Waals surface area contributed by atoms with Gasteiger partial charge in [-0.25, -0.2) is 0 Å². The molecule has 0 radical (unpaired) electrons. The van der Waals surface area contributed by atoms with E-state index in [1.54, 1.807) is 7.11 Å². The number of allylic oxidation sites excluding steroid dienone is 1. The smallest absolute Gasteiger partial charge is 0.184 e. The van der Waals surface area contributed by atoms with Gasteiger partial charge in [-0.05, 0) is 12.1 Å². The molecule has 5 nitrogen and oxygen atoms in total. The summed E-state index contributed by atoms with van der Waals surface area (Å²) in [5, 5.41) is 4.63. The van der Waals surface area contributed by atoms with Gasteiger partial charge < -0.3 is 9.47 Å². The van der Waals surface area contributed by atoms with Gasteiger partial charge in [0.25, 0.3) is 0 Å². The zero-order valence-electron chi connectivity index (χ0n) is 13.2. The zero-order valence-corrected chi connectivity index (χ0v) is 13.2. The highest BCUT2D eigenvalue weighted by Gasteiger charge is 2.33. The van der Waals surface area contributed by atoms with Crippen molar-refractivity contribution in [1.29, 1.82) is 0 Å². The number of methoxy groups -OCH3 is 1. The minimum Gasteiger partial charge on any atom is -0.491 e. The van der Waals surface area contributed by atoms with Gasteiger partial charge >= 0.3 is 0 Å². The largest absolute Gasteiger partial charge is 0.491 e. The second kappa shape index (κ2) is 5.97. The quantitative estimate of drug-likeness (QED) is 0.515. The summed E-state index contributed by atoms with van der Waals surface area (Å²) < 4.78 is 10.4. The third-order valence-corrected chi connectivity index (χ3v) is 3.31. The highest BCUT2D eigenvalue weighted by molar-refractivity contribution is 6.00. The van der Waals surface area contributed by atoms with Crippen LogP contribution >= 0.6 is 0 Å². The van der Waals surface area contributed by atoms with Gasteiger partial charge in [0.1, 0.15) is 24.3 Å². The highest BCUT2D eigenvalue weighted by atomic mass is 16.5. The number of hydrogen-bond acceptors (Lipinski definition) is 4. The predicted molar refractivity (Wildman–Crippen MR) is 85.8 cm³/mol. The molecule has 0 fully saturated rings. The van der Waals surface area contributed by atoms with Gasteiger partial charge in [-0.15, -0.1) is 5.84 Å². The van der Waals surface area contributed by atoms with Gasteiger partial charge in [-0.3, -0.25) is 0 Å². The van der Waals surface area contributed by atoms with Crippen molar-refractivity contribution in [3.63, 3.8) is 0 Å². The van der Waals surface area contributed by atoms with Crippen LogP contribution in [0.15, 0.2) is 41.6 Å². The Bertz CT molecular complexity index is 544. The van der Waals surface area contributed by atoms with Crippen LogP contribution in [0.2, 0.25) is 0 Å². The van der Waals surface area contributed by atoms with E-state index in [0.29, 0.717) is 13.2 Å². The number of hydrogen-bond donors (Lipinski definition) is 1. The van der Waals surface area contributed by atoms with E-state index < -0.39 is 0 Å². The van der Waals surface area contributed by atoms with Gasteiger partial charge in [0.05, 0.1) is 6.61 Å². The number of rotatable bonds is 5. The number of ether oxygens (including phenoxy) is 2. The van der Waals surface area contributed by atoms with Crippen LogP contribution in [0.1, 0.15) is 20.8 Å². The minimum absolute atomic E-state index is 0.0148. The number of benzene rings is 1. The monoisotopic (exact) mass is 290 g/mol. The molecule has 0 aromatic heterocycles. The van der Waals surface area contributed by atoms with Crippen LogP contribution in [-0.2, 0) is 4.74 Å². The Kier molecular flexibility index (Phi) is 4.46. The second-order valence-corrected chi connectivity index (χ2v) is 6.12. The molecule has 1 atom stereocenters. The molecule has 2 N–H and O–H groups in total. The molecule has 1 aromatic carbocycles. The van der Waals surface area contributed by atoms with E-state index >= 15 is 0 Å². The highest BCUT2D eigenvalue weighted by Crippen LogP contribution is 2.30. The lowest BCUT2D eigenvalue weighted by Crippen LogP contribution is -2.44. The third-order valence-electron chi connectivity index (χ3n) is 3.31. The molecule has 1 aromatic rings.